The largest absolute Gasteiger partial charge is 0.493 e. The van der Waals surface area contributed by atoms with Crippen LogP contribution in [0, 0.1) is 0 Å². The minimum atomic E-state index is -0.393. The van der Waals surface area contributed by atoms with Gasteiger partial charge in [0.2, 0.25) is 11.8 Å². The van der Waals surface area contributed by atoms with E-state index in [4.69, 9.17) is 14.2 Å². The standard InChI is InChI=1S/C29H35N5O6S2/c1-5-34-23(16-30-24(35)14-12-18-11-13-20(38-3)21(15-18)39-4)32-33-29(34)41-17-25(36)31-27-26(28(37)40-6-2)19-9-7-8-10-22(19)42-27/h11-15H,5-10,16-17H2,1-4H3,(H,30,35)(H,31,36). The van der Waals surface area contributed by atoms with E-state index in [2.05, 4.69) is 20.8 Å². The summed E-state index contributed by atoms with van der Waals surface area (Å²) in [6.07, 6.45) is 6.92. The molecule has 0 unspecified atom stereocenters. The summed E-state index contributed by atoms with van der Waals surface area (Å²) < 4.78 is 17.7. The number of carbonyl (C=O) groups excluding carboxylic acids is 3. The molecule has 1 aromatic carbocycles. The lowest BCUT2D eigenvalue weighted by Gasteiger charge is -2.12. The van der Waals surface area contributed by atoms with Crippen molar-refractivity contribution in [2.24, 2.45) is 0 Å². The molecule has 0 fully saturated rings. The van der Waals surface area contributed by atoms with E-state index in [9.17, 15) is 14.4 Å². The van der Waals surface area contributed by atoms with Crippen LogP contribution in [0.1, 0.15) is 58.9 Å². The minimum absolute atomic E-state index is 0.0867. The van der Waals surface area contributed by atoms with Crippen molar-refractivity contribution < 1.29 is 28.6 Å². The van der Waals surface area contributed by atoms with Crippen LogP contribution < -0.4 is 20.1 Å². The zero-order chi connectivity index (χ0) is 30.1. The summed E-state index contributed by atoms with van der Waals surface area (Å²) >= 11 is 2.70. The van der Waals surface area contributed by atoms with Crippen LogP contribution >= 0.6 is 23.1 Å². The number of benzene rings is 1. The molecule has 224 valence electrons. The van der Waals surface area contributed by atoms with Gasteiger partial charge in [-0.1, -0.05) is 17.8 Å². The Bertz CT molecular complexity index is 1460. The van der Waals surface area contributed by atoms with Crippen LogP contribution in [0.15, 0.2) is 29.4 Å². The maximum absolute atomic E-state index is 12.9. The Morgan fingerprint density at radius 1 is 1.10 bits per heavy atom. The number of thiophene rings is 1. The zero-order valence-corrected chi connectivity index (χ0v) is 25.8. The quantitative estimate of drug-likeness (QED) is 0.162. The molecule has 3 aromatic rings. The maximum atomic E-state index is 12.9. The molecule has 0 spiro atoms. The summed E-state index contributed by atoms with van der Waals surface area (Å²) in [6.45, 7) is 4.72. The van der Waals surface area contributed by atoms with Crippen LogP contribution in [-0.4, -0.2) is 59.1 Å². The van der Waals surface area contributed by atoms with Gasteiger partial charge >= 0.3 is 5.97 Å². The van der Waals surface area contributed by atoms with E-state index < -0.39 is 5.97 Å². The van der Waals surface area contributed by atoms with Crippen molar-refractivity contribution in [2.45, 2.75) is 57.8 Å². The molecule has 0 bridgehead atoms. The number of thioether (sulfide) groups is 1. The summed E-state index contributed by atoms with van der Waals surface area (Å²) in [6, 6.07) is 5.37. The number of amides is 2. The highest BCUT2D eigenvalue weighted by Gasteiger charge is 2.27. The molecule has 0 saturated carbocycles. The van der Waals surface area contributed by atoms with Gasteiger partial charge in [0, 0.05) is 17.5 Å². The number of esters is 1. The second-order valence-electron chi connectivity index (χ2n) is 9.28. The van der Waals surface area contributed by atoms with Gasteiger partial charge in [-0.2, -0.15) is 0 Å². The van der Waals surface area contributed by atoms with Crippen LogP contribution in [0.4, 0.5) is 5.00 Å². The molecule has 1 aliphatic carbocycles. The highest BCUT2D eigenvalue weighted by atomic mass is 32.2. The number of carbonyl (C=O) groups is 3. The number of aryl methyl sites for hydroxylation is 1. The molecule has 0 atom stereocenters. The van der Waals surface area contributed by atoms with Gasteiger partial charge in [-0.05, 0) is 68.9 Å². The van der Waals surface area contributed by atoms with E-state index in [1.165, 1.54) is 29.2 Å². The number of anilines is 1. The van der Waals surface area contributed by atoms with E-state index in [1.807, 2.05) is 17.6 Å². The van der Waals surface area contributed by atoms with Crippen molar-refractivity contribution in [2.75, 3.05) is 31.9 Å². The number of methoxy groups -OCH3 is 2. The molecule has 2 heterocycles. The Labute approximate surface area is 253 Å². The molecule has 13 heteroatoms. The van der Waals surface area contributed by atoms with Gasteiger partial charge in [-0.25, -0.2) is 4.79 Å². The average molecular weight is 614 g/mol. The first kappa shape index (κ1) is 31.1. The van der Waals surface area contributed by atoms with Gasteiger partial charge in [-0.3, -0.25) is 9.59 Å². The van der Waals surface area contributed by atoms with Crippen LogP contribution in [0.2, 0.25) is 0 Å². The summed E-state index contributed by atoms with van der Waals surface area (Å²) in [4.78, 5) is 39.2. The Kier molecular flexibility index (Phi) is 11.0. The van der Waals surface area contributed by atoms with Crippen molar-refractivity contribution in [1.29, 1.82) is 0 Å². The molecule has 1 aliphatic rings. The van der Waals surface area contributed by atoms with Gasteiger partial charge in [0.1, 0.15) is 5.00 Å². The van der Waals surface area contributed by atoms with E-state index in [1.54, 1.807) is 39.4 Å². The first-order chi connectivity index (χ1) is 20.4. The van der Waals surface area contributed by atoms with Crippen molar-refractivity contribution in [1.82, 2.24) is 20.1 Å². The van der Waals surface area contributed by atoms with Crippen LogP contribution in [0.5, 0.6) is 11.5 Å². The van der Waals surface area contributed by atoms with E-state index in [0.29, 0.717) is 39.6 Å². The molecule has 11 nitrogen and oxygen atoms in total. The predicted octanol–water partition coefficient (Wildman–Crippen LogP) is 4.49. The van der Waals surface area contributed by atoms with Gasteiger partial charge in [0.15, 0.2) is 22.5 Å². The van der Waals surface area contributed by atoms with Crippen molar-refractivity contribution in [3.05, 3.63) is 51.7 Å². The molecule has 2 amide bonds. The minimum Gasteiger partial charge on any atom is -0.493 e. The molecule has 2 N–H and O–H groups in total. The third-order valence-corrected chi connectivity index (χ3v) is 8.78. The molecule has 2 aromatic heterocycles. The SMILES string of the molecule is CCOC(=O)c1c(NC(=O)CSc2nnc(CNC(=O)C=Cc3ccc(OC)c(OC)c3)n2CC)sc2c1CCCC2. The fourth-order valence-electron chi connectivity index (χ4n) is 4.59. The van der Waals surface area contributed by atoms with Crippen molar-refractivity contribution in [3.63, 3.8) is 0 Å². The fourth-order valence-corrected chi connectivity index (χ4v) is 6.71. The molecule has 0 saturated heterocycles. The third kappa shape index (κ3) is 7.51. The fraction of sp³-hybridized carbons (Fsp3) is 0.414. The third-order valence-electron chi connectivity index (χ3n) is 6.60. The van der Waals surface area contributed by atoms with Crippen molar-refractivity contribution >= 4 is 52.0 Å². The average Bonchev–Trinajstić information content (AvgIpc) is 3.57. The first-order valence-corrected chi connectivity index (χ1v) is 15.5. The van der Waals surface area contributed by atoms with E-state index in [0.717, 1.165) is 41.7 Å². The Hall–Kier alpha value is -3.84. The molecule has 0 aliphatic heterocycles. The number of nitrogens with one attached hydrogen (secondary N) is 2. The van der Waals surface area contributed by atoms with Crippen LogP contribution in [0.3, 0.4) is 0 Å². The van der Waals surface area contributed by atoms with Gasteiger partial charge in [-0.15, -0.1) is 21.5 Å². The number of rotatable bonds is 13. The second-order valence-corrected chi connectivity index (χ2v) is 11.3. The zero-order valence-electron chi connectivity index (χ0n) is 24.2. The smallest absolute Gasteiger partial charge is 0.341 e. The molecular weight excluding hydrogens is 578 g/mol. The Balaban J connectivity index is 1.34. The van der Waals surface area contributed by atoms with Gasteiger partial charge in [0.25, 0.3) is 0 Å². The number of fused-ring (bicyclic) bond motifs is 1. The summed E-state index contributed by atoms with van der Waals surface area (Å²) in [5.41, 5.74) is 2.28. The second kappa shape index (κ2) is 14.9. The van der Waals surface area contributed by atoms with Crippen LogP contribution in [-0.2, 0) is 40.3 Å². The summed E-state index contributed by atoms with van der Waals surface area (Å²) in [5.74, 6) is 0.910. The van der Waals surface area contributed by atoms with Gasteiger partial charge < -0.3 is 29.4 Å². The topological polar surface area (TPSA) is 134 Å². The number of hydrogen-bond donors (Lipinski definition) is 2. The first-order valence-electron chi connectivity index (χ1n) is 13.7. The Morgan fingerprint density at radius 2 is 1.88 bits per heavy atom. The molecule has 0 radical (unpaired) electrons. The summed E-state index contributed by atoms with van der Waals surface area (Å²) in [5, 5.41) is 15.3. The van der Waals surface area contributed by atoms with Gasteiger partial charge in [0.05, 0.1) is 38.7 Å². The molecular formula is C29H35N5O6S2. The number of nitrogens with zero attached hydrogens (tertiary/aromatic N) is 3. The van der Waals surface area contributed by atoms with E-state index >= 15 is 0 Å². The number of ether oxygens (including phenoxy) is 3. The van der Waals surface area contributed by atoms with E-state index in [-0.39, 0.29) is 30.7 Å². The molecule has 42 heavy (non-hydrogen) atoms. The predicted molar refractivity (Wildman–Crippen MR) is 162 cm³/mol. The normalized spacial score (nSPS) is 12.6. The summed E-state index contributed by atoms with van der Waals surface area (Å²) in [7, 11) is 3.12. The monoisotopic (exact) mass is 613 g/mol. The number of hydrogen-bond acceptors (Lipinski definition) is 10. The lowest BCUT2D eigenvalue weighted by Crippen LogP contribution is -2.22. The Morgan fingerprint density at radius 3 is 2.62 bits per heavy atom. The lowest BCUT2D eigenvalue weighted by atomic mass is 9.95. The maximum Gasteiger partial charge on any atom is 0.341 e. The molecule has 4 rings (SSSR count). The lowest BCUT2D eigenvalue weighted by molar-refractivity contribution is -0.116. The van der Waals surface area contributed by atoms with Crippen molar-refractivity contribution in [3.8, 4) is 11.5 Å². The van der Waals surface area contributed by atoms with Crippen LogP contribution in [0.25, 0.3) is 6.08 Å². The highest BCUT2D eigenvalue weighted by molar-refractivity contribution is 7.99. The highest BCUT2D eigenvalue weighted by Crippen LogP contribution is 2.38. The number of aromatic nitrogens is 3.